The quantitative estimate of drug-likeness (QED) is 0.638. The SMILES string of the molecule is O=C(NCc1ccc(F)cc1-n1ccnn1)c1nc2n(c(=O)c1O)CCOC21CCC1. The van der Waals surface area contributed by atoms with Gasteiger partial charge in [-0.2, -0.15) is 0 Å². The number of nitrogens with zero attached hydrogens (tertiary/aromatic N) is 5. The number of amides is 1. The Balaban J connectivity index is 1.44. The van der Waals surface area contributed by atoms with Crippen molar-refractivity contribution < 1.29 is 19.0 Å². The first-order valence-corrected chi connectivity index (χ1v) is 9.90. The average Bonchev–Trinajstić information content (AvgIpc) is 3.28. The molecule has 1 aliphatic carbocycles. The van der Waals surface area contributed by atoms with E-state index in [0.29, 0.717) is 36.5 Å². The Morgan fingerprint density at radius 2 is 2.19 bits per heavy atom. The molecule has 2 aromatic heterocycles. The van der Waals surface area contributed by atoms with E-state index in [1.54, 1.807) is 6.20 Å². The highest BCUT2D eigenvalue weighted by atomic mass is 19.1. The van der Waals surface area contributed by atoms with E-state index in [-0.39, 0.29) is 18.8 Å². The van der Waals surface area contributed by atoms with Gasteiger partial charge in [-0.25, -0.2) is 14.1 Å². The summed E-state index contributed by atoms with van der Waals surface area (Å²) in [5.74, 6) is -1.50. The Bertz CT molecular complexity index is 1220. The molecule has 5 rings (SSSR count). The Kier molecular flexibility index (Phi) is 4.54. The molecule has 3 aromatic rings. The van der Waals surface area contributed by atoms with Crippen molar-refractivity contribution >= 4 is 5.91 Å². The standard InChI is InChI=1S/C20H19FN6O4/c21-13-3-2-12(14(10-13)27-7-6-23-25-27)11-22-17(29)15-16(28)18(30)26-8-9-31-20(4-1-5-20)19(26)24-15/h2-3,6-7,10,28H,1,4-5,8-9,11H2,(H,22,29). The van der Waals surface area contributed by atoms with Crippen molar-refractivity contribution in [3.05, 3.63) is 63.8 Å². The molecule has 0 unspecified atom stereocenters. The zero-order chi connectivity index (χ0) is 21.6. The molecule has 0 radical (unpaired) electrons. The summed E-state index contributed by atoms with van der Waals surface area (Å²) in [5, 5.41) is 20.6. The van der Waals surface area contributed by atoms with Crippen LogP contribution in [0.1, 0.15) is 41.1 Å². The molecule has 2 N–H and O–H groups in total. The van der Waals surface area contributed by atoms with E-state index in [9.17, 15) is 19.1 Å². The third kappa shape index (κ3) is 3.17. The molecule has 2 aliphatic rings. The molecule has 3 heterocycles. The lowest BCUT2D eigenvalue weighted by atomic mass is 9.78. The van der Waals surface area contributed by atoms with Gasteiger partial charge < -0.3 is 15.2 Å². The number of carbonyl (C=O) groups excluding carboxylic acids is 1. The van der Waals surface area contributed by atoms with E-state index in [4.69, 9.17) is 4.74 Å². The summed E-state index contributed by atoms with van der Waals surface area (Å²) in [6.45, 7) is 0.625. The summed E-state index contributed by atoms with van der Waals surface area (Å²) < 4.78 is 22.4. The molecule has 0 atom stereocenters. The van der Waals surface area contributed by atoms with Crippen LogP contribution in [0.3, 0.4) is 0 Å². The minimum atomic E-state index is -0.716. The van der Waals surface area contributed by atoms with Gasteiger partial charge in [-0.05, 0) is 37.0 Å². The lowest BCUT2D eigenvalue weighted by Gasteiger charge is -2.44. The van der Waals surface area contributed by atoms with Gasteiger partial charge in [0.05, 0.1) is 31.2 Å². The molecule has 1 saturated carbocycles. The fraction of sp³-hybridized carbons (Fsp3) is 0.350. The maximum Gasteiger partial charge on any atom is 0.296 e. The normalized spacial score (nSPS) is 16.5. The number of hydrogen-bond acceptors (Lipinski definition) is 7. The molecule has 11 heteroatoms. The van der Waals surface area contributed by atoms with Crippen molar-refractivity contribution in [1.29, 1.82) is 0 Å². The van der Waals surface area contributed by atoms with Crippen molar-refractivity contribution in [3.8, 4) is 11.4 Å². The van der Waals surface area contributed by atoms with Gasteiger partial charge in [-0.1, -0.05) is 11.3 Å². The molecule has 1 aromatic carbocycles. The average molecular weight is 426 g/mol. The molecule has 160 valence electrons. The number of nitrogens with one attached hydrogen (secondary N) is 1. The van der Waals surface area contributed by atoms with E-state index in [1.165, 1.54) is 33.6 Å². The fourth-order valence-electron chi connectivity index (χ4n) is 4.02. The number of halogens is 1. The molecule has 31 heavy (non-hydrogen) atoms. The van der Waals surface area contributed by atoms with Crippen molar-refractivity contribution in [2.24, 2.45) is 0 Å². The van der Waals surface area contributed by atoms with Crippen LogP contribution >= 0.6 is 0 Å². The number of benzene rings is 1. The van der Waals surface area contributed by atoms with Gasteiger partial charge in [0.2, 0.25) is 5.75 Å². The van der Waals surface area contributed by atoms with Crippen molar-refractivity contribution in [2.45, 2.75) is 38.0 Å². The summed E-state index contributed by atoms with van der Waals surface area (Å²) in [6.07, 6.45) is 5.36. The fourth-order valence-corrected chi connectivity index (χ4v) is 4.02. The Labute approximate surface area is 175 Å². The van der Waals surface area contributed by atoms with Crippen LogP contribution in [0, 0.1) is 5.82 Å². The van der Waals surface area contributed by atoms with E-state index in [2.05, 4.69) is 20.6 Å². The number of carbonyl (C=O) groups is 1. The van der Waals surface area contributed by atoms with Gasteiger partial charge >= 0.3 is 0 Å². The van der Waals surface area contributed by atoms with Crippen LogP contribution in [-0.2, 0) is 23.4 Å². The number of hydrogen-bond donors (Lipinski definition) is 2. The first-order chi connectivity index (χ1) is 15.0. The molecule has 0 saturated heterocycles. The summed E-state index contributed by atoms with van der Waals surface area (Å²) in [5.41, 5.74) is -0.708. The summed E-state index contributed by atoms with van der Waals surface area (Å²) in [6, 6.07) is 4.05. The van der Waals surface area contributed by atoms with Gasteiger partial charge in [-0.3, -0.25) is 14.2 Å². The summed E-state index contributed by atoms with van der Waals surface area (Å²) in [4.78, 5) is 29.8. The Morgan fingerprint density at radius 1 is 1.35 bits per heavy atom. The molecule has 1 spiro atoms. The van der Waals surface area contributed by atoms with Crippen LogP contribution in [-0.4, -0.2) is 42.2 Å². The van der Waals surface area contributed by atoms with E-state index in [0.717, 1.165) is 6.42 Å². The molecule has 1 fully saturated rings. The van der Waals surface area contributed by atoms with Gasteiger partial charge in [0, 0.05) is 6.54 Å². The van der Waals surface area contributed by atoms with Gasteiger partial charge in [0.15, 0.2) is 5.69 Å². The second kappa shape index (κ2) is 7.27. The van der Waals surface area contributed by atoms with Crippen LogP contribution in [0.2, 0.25) is 0 Å². The zero-order valence-electron chi connectivity index (χ0n) is 16.4. The van der Waals surface area contributed by atoms with E-state index < -0.39 is 28.6 Å². The van der Waals surface area contributed by atoms with Crippen molar-refractivity contribution in [3.63, 3.8) is 0 Å². The zero-order valence-corrected chi connectivity index (χ0v) is 16.4. The maximum absolute atomic E-state index is 13.7. The molecule has 1 amide bonds. The smallest absolute Gasteiger partial charge is 0.296 e. The lowest BCUT2D eigenvalue weighted by Crippen LogP contribution is -2.49. The van der Waals surface area contributed by atoms with Gasteiger partial charge in [-0.15, -0.1) is 5.10 Å². The van der Waals surface area contributed by atoms with Crippen molar-refractivity contribution in [1.82, 2.24) is 29.9 Å². The minimum absolute atomic E-state index is 0.00448. The molecule has 10 nitrogen and oxygen atoms in total. The monoisotopic (exact) mass is 426 g/mol. The Hall–Kier alpha value is -3.60. The summed E-state index contributed by atoms with van der Waals surface area (Å²) >= 11 is 0. The van der Waals surface area contributed by atoms with Crippen LogP contribution in [0.5, 0.6) is 5.75 Å². The summed E-state index contributed by atoms with van der Waals surface area (Å²) in [7, 11) is 0. The Morgan fingerprint density at radius 3 is 2.90 bits per heavy atom. The van der Waals surface area contributed by atoms with Crippen molar-refractivity contribution in [2.75, 3.05) is 6.61 Å². The van der Waals surface area contributed by atoms with Gasteiger partial charge in [0.25, 0.3) is 11.5 Å². The topological polar surface area (TPSA) is 124 Å². The third-order valence-corrected chi connectivity index (χ3v) is 5.78. The molecule has 0 bridgehead atoms. The largest absolute Gasteiger partial charge is 0.501 e. The number of fused-ring (bicyclic) bond motifs is 2. The van der Waals surface area contributed by atoms with Crippen LogP contribution in [0.4, 0.5) is 4.39 Å². The molecular weight excluding hydrogens is 407 g/mol. The van der Waals surface area contributed by atoms with E-state index in [1.807, 2.05) is 0 Å². The number of ether oxygens (including phenoxy) is 1. The number of aromatic nitrogens is 5. The predicted octanol–water partition coefficient (Wildman–Crippen LogP) is 1.01. The van der Waals surface area contributed by atoms with Crippen LogP contribution in [0.25, 0.3) is 5.69 Å². The van der Waals surface area contributed by atoms with Gasteiger partial charge in [0.1, 0.15) is 17.2 Å². The first-order valence-electron chi connectivity index (χ1n) is 9.90. The second-order valence-electron chi connectivity index (χ2n) is 7.59. The highest BCUT2D eigenvalue weighted by Crippen LogP contribution is 2.45. The highest BCUT2D eigenvalue weighted by Gasteiger charge is 2.46. The third-order valence-electron chi connectivity index (χ3n) is 5.78. The van der Waals surface area contributed by atoms with Crippen LogP contribution < -0.4 is 10.9 Å². The molecular formula is C20H19FN6O4. The first kappa shape index (κ1) is 19.4. The minimum Gasteiger partial charge on any atom is -0.501 e. The lowest BCUT2D eigenvalue weighted by molar-refractivity contribution is -0.134. The molecule has 1 aliphatic heterocycles. The predicted molar refractivity (Wildman–Crippen MR) is 104 cm³/mol. The maximum atomic E-state index is 13.7. The highest BCUT2D eigenvalue weighted by molar-refractivity contribution is 5.94. The second-order valence-corrected chi connectivity index (χ2v) is 7.59. The van der Waals surface area contributed by atoms with E-state index >= 15 is 0 Å². The van der Waals surface area contributed by atoms with Crippen LogP contribution in [0.15, 0.2) is 35.4 Å². The number of aromatic hydroxyl groups is 1. The number of rotatable bonds is 4.